The van der Waals surface area contributed by atoms with Crippen LogP contribution in [0.5, 0.6) is 0 Å². The predicted octanol–water partition coefficient (Wildman–Crippen LogP) is 4.20. The molecule has 0 aliphatic heterocycles. The summed E-state index contributed by atoms with van der Waals surface area (Å²) in [5, 5.41) is 16.3. The summed E-state index contributed by atoms with van der Waals surface area (Å²) in [5.74, 6) is 1.70. The highest BCUT2D eigenvalue weighted by atomic mass is 35.5. The van der Waals surface area contributed by atoms with Gasteiger partial charge in [-0.25, -0.2) is 4.98 Å². The average Bonchev–Trinajstić information content (AvgIpc) is 3.36. The van der Waals surface area contributed by atoms with Crippen molar-refractivity contribution in [2.45, 2.75) is 25.2 Å². The highest BCUT2D eigenvalue weighted by Gasteiger charge is 2.26. The van der Waals surface area contributed by atoms with E-state index in [1.165, 1.54) is 0 Å². The van der Waals surface area contributed by atoms with Crippen LogP contribution in [0.15, 0.2) is 24.3 Å². The van der Waals surface area contributed by atoms with Gasteiger partial charge in [0, 0.05) is 25.1 Å². The van der Waals surface area contributed by atoms with Gasteiger partial charge in [-0.05, 0) is 31.4 Å². The van der Waals surface area contributed by atoms with Crippen molar-refractivity contribution >= 4 is 40.7 Å². The smallest absolute Gasteiger partial charge is 0.224 e. The van der Waals surface area contributed by atoms with Gasteiger partial charge in [-0.3, -0.25) is 0 Å². The molecule has 0 saturated heterocycles. The van der Waals surface area contributed by atoms with Crippen LogP contribution in [0, 0.1) is 0 Å². The lowest BCUT2D eigenvalue weighted by molar-refractivity contribution is 0.292. The Bertz CT molecular complexity index is 672. The highest BCUT2D eigenvalue weighted by molar-refractivity contribution is 6.39. The predicted molar refractivity (Wildman–Crippen MR) is 93.9 cm³/mol. The molecule has 1 fully saturated rings. The molecule has 1 aliphatic rings. The van der Waals surface area contributed by atoms with Gasteiger partial charge >= 0.3 is 0 Å². The molecule has 1 aromatic carbocycles. The van der Waals surface area contributed by atoms with E-state index >= 15 is 0 Å². The maximum atomic E-state index is 8.89. The normalized spacial score (nSPS) is 13.9. The molecule has 122 valence electrons. The molecule has 3 N–H and O–H groups in total. The van der Waals surface area contributed by atoms with Gasteiger partial charge in [0.05, 0.1) is 21.4 Å². The summed E-state index contributed by atoms with van der Waals surface area (Å²) < 4.78 is 0. The number of benzene rings is 1. The third-order valence-electron chi connectivity index (χ3n) is 3.58. The number of aromatic nitrogens is 2. The van der Waals surface area contributed by atoms with Gasteiger partial charge in [0.25, 0.3) is 0 Å². The van der Waals surface area contributed by atoms with Crippen LogP contribution in [-0.4, -0.2) is 28.2 Å². The lowest BCUT2D eigenvalue weighted by Crippen LogP contribution is -2.09. The molecule has 1 heterocycles. The third kappa shape index (κ3) is 4.25. The Morgan fingerprint density at radius 1 is 1.17 bits per heavy atom. The number of nitrogens with zero attached hydrogens (tertiary/aromatic N) is 2. The Labute approximate surface area is 145 Å². The molecule has 1 saturated carbocycles. The van der Waals surface area contributed by atoms with E-state index < -0.39 is 0 Å². The van der Waals surface area contributed by atoms with Crippen molar-refractivity contribution in [3.8, 4) is 0 Å². The average molecular weight is 353 g/mol. The summed E-state index contributed by atoms with van der Waals surface area (Å²) in [6.07, 6.45) is 2.95. The second-order valence-electron chi connectivity index (χ2n) is 5.50. The van der Waals surface area contributed by atoms with E-state index in [0.717, 1.165) is 18.5 Å². The standard InChI is InChI=1S/C16H18Cl2N4O/c17-11-3-1-4-12(18)15(11)21-14-9-13(10-5-6-10)20-16(22-14)19-7-2-8-23/h1,3-4,9-10,23H,2,5-8H2,(H2,19,20,21,22). The lowest BCUT2D eigenvalue weighted by atomic mass is 10.2. The van der Waals surface area contributed by atoms with Gasteiger partial charge < -0.3 is 15.7 Å². The fourth-order valence-electron chi connectivity index (χ4n) is 2.22. The van der Waals surface area contributed by atoms with E-state index in [9.17, 15) is 0 Å². The summed E-state index contributed by atoms with van der Waals surface area (Å²) in [7, 11) is 0. The second kappa shape index (κ2) is 7.34. The molecule has 3 rings (SSSR count). The van der Waals surface area contributed by atoms with Crippen LogP contribution in [-0.2, 0) is 0 Å². The Morgan fingerprint density at radius 2 is 1.91 bits per heavy atom. The van der Waals surface area contributed by atoms with Crippen LogP contribution in [0.2, 0.25) is 10.0 Å². The molecule has 0 bridgehead atoms. The molecule has 0 atom stereocenters. The van der Waals surface area contributed by atoms with E-state index in [-0.39, 0.29) is 6.61 Å². The van der Waals surface area contributed by atoms with Crippen LogP contribution in [0.1, 0.15) is 30.9 Å². The molecular weight excluding hydrogens is 335 g/mol. The largest absolute Gasteiger partial charge is 0.396 e. The van der Waals surface area contributed by atoms with E-state index in [1.807, 2.05) is 6.07 Å². The fourth-order valence-corrected chi connectivity index (χ4v) is 2.71. The number of nitrogens with one attached hydrogen (secondary N) is 2. The zero-order valence-electron chi connectivity index (χ0n) is 12.5. The van der Waals surface area contributed by atoms with Crippen molar-refractivity contribution in [1.29, 1.82) is 0 Å². The van der Waals surface area contributed by atoms with E-state index in [1.54, 1.807) is 18.2 Å². The van der Waals surface area contributed by atoms with E-state index in [4.69, 9.17) is 28.3 Å². The first-order valence-electron chi connectivity index (χ1n) is 7.62. The Kier molecular flexibility index (Phi) is 5.20. The van der Waals surface area contributed by atoms with Crippen LogP contribution in [0.4, 0.5) is 17.5 Å². The summed E-state index contributed by atoms with van der Waals surface area (Å²) >= 11 is 12.4. The molecule has 1 aromatic heterocycles. The topological polar surface area (TPSA) is 70.1 Å². The second-order valence-corrected chi connectivity index (χ2v) is 6.32. The Balaban J connectivity index is 1.85. The van der Waals surface area contributed by atoms with Gasteiger partial charge in [0.15, 0.2) is 0 Å². The molecule has 7 heteroatoms. The number of para-hydroxylation sites is 1. The first kappa shape index (κ1) is 16.3. The van der Waals surface area contributed by atoms with Crippen molar-refractivity contribution in [2.75, 3.05) is 23.8 Å². The summed E-state index contributed by atoms with van der Waals surface area (Å²) in [6.45, 7) is 0.757. The van der Waals surface area contributed by atoms with Gasteiger partial charge in [0.2, 0.25) is 5.95 Å². The molecule has 0 radical (unpaired) electrons. The van der Waals surface area contributed by atoms with E-state index in [0.29, 0.717) is 46.4 Å². The summed E-state index contributed by atoms with van der Waals surface area (Å²) in [5.41, 5.74) is 1.65. The minimum Gasteiger partial charge on any atom is -0.396 e. The zero-order chi connectivity index (χ0) is 16.2. The van der Waals surface area contributed by atoms with Gasteiger partial charge in [-0.2, -0.15) is 4.98 Å². The Morgan fingerprint density at radius 3 is 2.57 bits per heavy atom. The first-order valence-corrected chi connectivity index (χ1v) is 8.37. The minimum absolute atomic E-state index is 0.135. The van der Waals surface area contributed by atoms with Crippen LogP contribution in [0.25, 0.3) is 0 Å². The summed E-state index contributed by atoms with van der Waals surface area (Å²) in [6, 6.07) is 7.29. The monoisotopic (exact) mass is 352 g/mol. The van der Waals surface area contributed by atoms with Crippen molar-refractivity contribution in [3.05, 3.63) is 40.0 Å². The molecule has 1 aliphatic carbocycles. The maximum absolute atomic E-state index is 8.89. The third-order valence-corrected chi connectivity index (χ3v) is 4.21. The molecule has 2 aromatic rings. The molecule has 23 heavy (non-hydrogen) atoms. The highest BCUT2D eigenvalue weighted by Crippen LogP contribution is 2.40. The molecular formula is C16H18Cl2N4O. The van der Waals surface area contributed by atoms with Crippen molar-refractivity contribution in [1.82, 2.24) is 9.97 Å². The first-order chi connectivity index (χ1) is 11.2. The van der Waals surface area contributed by atoms with Gasteiger partial charge in [0.1, 0.15) is 5.82 Å². The van der Waals surface area contributed by atoms with Gasteiger partial charge in [-0.1, -0.05) is 29.3 Å². The lowest BCUT2D eigenvalue weighted by Gasteiger charge is -2.13. The van der Waals surface area contributed by atoms with Crippen LogP contribution >= 0.6 is 23.2 Å². The van der Waals surface area contributed by atoms with E-state index in [2.05, 4.69) is 20.6 Å². The number of rotatable bonds is 7. The fraction of sp³-hybridized carbons (Fsp3) is 0.375. The number of aliphatic hydroxyl groups is 1. The zero-order valence-corrected chi connectivity index (χ0v) is 14.0. The van der Waals surface area contributed by atoms with Crippen molar-refractivity contribution in [3.63, 3.8) is 0 Å². The number of hydrogen-bond donors (Lipinski definition) is 3. The SMILES string of the molecule is OCCCNc1nc(Nc2c(Cl)cccc2Cl)cc(C2CC2)n1. The Hall–Kier alpha value is -1.56. The maximum Gasteiger partial charge on any atom is 0.224 e. The van der Waals surface area contributed by atoms with Crippen molar-refractivity contribution in [2.24, 2.45) is 0 Å². The van der Waals surface area contributed by atoms with Gasteiger partial charge in [-0.15, -0.1) is 0 Å². The minimum atomic E-state index is 0.135. The summed E-state index contributed by atoms with van der Waals surface area (Å²) in [4.78, 5) is 9.00. The molecule has 0 unspecified atom stereocenters. The van der Waals surface area contributed by atoms with Crippen LogP contribution < -0.4 is 10.6 Å². The number of aliphatic hydroxyl groups excluding tert-OH is 1. The number of hydrogen-bond acceptors (Lipinski definition) is 5. The molecule has 0 amide bonds. The quantitative estimate of drug-likeness (QED) is 0.651. The molecule has 5 nitrogen and oxygen atoms in total. The van der Waals surface area contributed by atoms with Crippen molar-refractivity contribution < 1.29 is 5.11 Å². The number of anilines is 3. The number of halogens is 2. The van der Waals surface area contributed by atoms with Crippen LogP contribution in [0.3, 0.4) is 0 Å². The molecule has 0 spiro atoms.